The minimum atomic E-state index is -1.29. The molecule has 0 saturated heterocycles. The molecule has 0 aliphatic heterocycles. The van der Waals surface area contributed by atoms with Crippen molar-refractivity contribution in [1.82, 2.24) is 5.32 Å². The monoisotopic (exact) mass is 294 g/mol. The van der Waals surface area contributed by atoms with E-state index in [0.717, 1.165) is 37.8 Å². The first-order chi connectivity index (χ1) is 9.94. The molecule has 21 heavy (non-hydrogen) atoms. The summed E-state index contributed by atoms with van der Waals surface area (Å²) < 4.78 is 13.3. The molecule has 0 spiro atoms. The number of carboxylic acid groups (broad SMARTS) is 1. The molecule has 114 valence electrons. The third-order valence-corrected chi connectivity index (χ3v) is 3.98. The first-order valence-electron chi connectivity index (χ1n) is 7.05. The Morgan fingerprint density at radius 2 is 1.81 bits per heavy atom. The van der Waals surface area contributed by atoms with E-state index in [1.165, 1.54) is 6.07 Å². The Bertz CT molecular complexity index is 552. The number of nitrogens with one attached hydrogen (secondary N) is 1. The molecule has 0 atom stereocenters. The molecule has 0 radical (unpaired) electrons. The van der Waals surface area contributed by atoms with Crippen LogP contribution in [0.15, 0.2) is 18.2 Å². The molecule has 0 unspecified atom stereocenters. The van der Waals surface area contributed by atoms with Crippen LogP contribution >= 0.6 is 0 Å². The van der Waals surface area contributed by atoms with Gasteiger partial charge in [-0.05, 0) is 31.0 Å². The van der Waals surface area contributed by atoms with E-state index >= 15 is 0 Å². The van der Waals surface area contributed by atoms with Crippen LogP contribution in [0.1, 0.15) is 48.9 Å². The van der Waals surface area contributed by atoms with Crippen molar-refractivity contribution in [3.05, 3.63) is 29.6 Å². The molecule has 2 rings (SSSR count). The lowest BCUT2D eigenvalue weighted by atomic mass is 9.89. The van der Waals surface area contributed by atoms with Crippen LogP contribution < -0.4 is 11.1 Å². The minimum absolute atomic E-state index is 0.0279. The third kappa shape index (κ3) is 3.32. The van der Waals surface area contributed by atoms with Crippen LogP contribution in [0.5, 0.6) is 0 Å². The zero-order chi connectivity index (χ0) is 15.5. The number of carbonyl (C=O) groups is 2. The molecule has 1 aromatic rings. The van der Waals surface area contributed by atoms with E-state index < -0.39 is 23.2 Å². The number of carboxylic acids is 1. The number of carbonyl (C=O) groups excluding carboxylic acids is 1. The molecule has 0 heterocycles. The highest BCUT2D eigenvalue weighted by Crippen LogP contribution is 2.28. The molecule has 0 bridgehead atoms. The number of amides is 1. The number of nitrogen functional groups attached to an aromatic ring is 1. The number of aliphatic carboxylic acids is 1. The first-order valence-corrected chi connectivity index (χ1v) is 7.05. The van der Waals surface area contributed by atoms with Crippen molar-refractivity contribution < 1.29 is 19.1 Å². The Hall–Kier alpha value is -2.11. The molecular weight excluding hydrogens is 275 g/mol. The number of hydrogen-bond acceptors (Lipinski definition) is 3. The van der Waals surface area contributed by atoms with Gasteiger partial charge in [0.2, 0.25) is 0 Å². The van der Waals surface area contributed by atoms with Gasteiger partial charge in [-0.1, -0.05) is 25.7 Å². The molecule has 1 fully saturated rings. The minimum Gasteiger partial charge on any atom is -0.480 e. The summed E-state index contributed by atoms with van der Waals surface area (Å²) in [7, 11) is 0. The molecule has 1 saturated carbocycles. The van der Waals surface area contributed by atoms with Gasteiger partial charge in [0.05, 0.1) is 5.56 Å². The van der Waals surface area contributed by atoms with Crippen LogP contribution in [-0.4, -0.2) is 22.5 Å². The van der Waals surface area contributed by atoms with E-state index in [9.17, 15) is 19.1 Å². The third-order valence-electron chi connectivity index (χ3n) is 3.98. The number of rotatable bonds is 3. The lowest BCUT2D eigenvalue weighted by Gasteiger charge is -2.29. The van der Waals surface area contributed by atoms with E-state index in [4.69, 9.17) is 5.73 Å². The topological polar surface area (TPSA) is 92.4 Å². The van der Waals surface area contributed by atoms with Gasteiger partial charge in [0, 0.05) is 5.69 Å². The van der Waals surface area contributed by atoms with Gasteiger partial charge in [-0.25, -0.2) is 9.18 Å². The standard InChI is InChI=1S/C15H19FN2O3/c16-10-5-6-12(17)11(9-10)13(19)18-15(14(20)21)7-3-1-2-4-8-15/h5-6,9H,1-4,7-8,17H2,(H,18,19)(H,20,21). The molecule has 5 nitrogen and oxygen atoms in total. The first kappa shape index (κ1) is 15.3. The van der Waals surface area contributed by atoms with Crippen LogP contribution in [-0.2, 0) is 4.79 Å². The van der Waals surface area contributed by atoms with Gasteiger partial charge in [-0.15, -0.1) is 0 Å². The molecular formula is C15H19FN2O3. The largest absolute Gasteiger partial charge is 0.480 e. The second-order valence-corrected chi connectivity index (χ2v) is 5.49. The van der Waals surface area contributed by atoms with E-state index in [2.05, 4.69) is 5.32 Å². The number of benzene rings is 1. The van der Waals surface area contributed by atoms with Crippen LogP contribution in [0.25, 0.3) is 0 Å². The van der Waals surface area contributed by atoms with E-state index in [0.29, 0.717) is 12.8 Å². The highest BCUT2D eigenvalue weighted by Gasteiger charge is 2.40. The molecule has 4 N–H and O–H groups in total. The van der Waals surface area contributed by atoms with Gasteiger partial charge in [-0.3, -0.25) is 4.79 Å². The Morgan fingerprint density at radius 1 is 1.19 bits per heavy atom. The van der Waals surface area contributed by atoms with Crippen molar-refractivity contribution in [1.29, 1.82) is 0 Å². The van der Waals surface area contributed by atoms with Gasteiger partial charge in [0.15, 0.2) is 0 Å². The lowest BCUT2D eigenvalue weighted by Crippen LogP contribution is -2.54. The summed E-state index contributed by atoms with van der Waals surface area (Å²) in [5.74, 6) is -2.27. The highest BCUT2D eigenvalue weighted by molar-refractivity contribution is 6.01. The summed E-state index contributed by atoms with van der Waals surface area (Å²) >= 11 is 0. The maximum absolute atomic E-state index is 13.3. The fourth-order valence-corrected chi connectivity index (χ4v) is 2.73. The summed E-state index contributed by atoms with van der Waals surface area (Å²) in [5.41, 5.74) is 4.49. The quantitative estimate of drug-likeness (QED) is 0.589. The average molecular weight is 294 g/mol. The fourth-order valence-electron chi connectivity index (χ4n) is 2.73. The summed E-state index contributed by atoms with van der Waals surface area (Å²) in [6, 6.07) is 3.48. The molecule has 6 heteroatoms. The Balaban J connectivity index is 2.26. The predicted octanol–water partition coefficient (Wildman–Crippen LogP) is 2.32. The van der Waals surface area contributed by atoms with Crippen LogP contribution in [0, 0.1) is 5.82 Å². The Kier molecular flexibility index (Phi) is 4.45. The van der Waals surface area contributed by atoms with Crippen molar-refractivity contribution in [2.45, 2.75) is 44.1 Å². The van der Waals surface area contributed by atoms with Crippen LogP contribution in [0.2, 0.25) is 0 Å². The van der Waals surface area contributed by atoms with Gasteiger partial charge in [0.25, 0.3) is 5.91 Å². The summed E-state index contributed by atoms with van der Waals surface area (Å²) in [5, 5.41) is 12.1. The van der Waals surface area contributed by atoms with Gasteiger partial charge in [0.1, 0.15) is 11.4 Å². The zero-order valence-electron chi connectivity index (χ0n) is 11.7. The van der Waals surface area contributed by atoms with Gasteiger partial charge in [-0.2, -0.15) is 0 Å². The zero-order valence-corrected chi connectivity index (χ0v) is 11.7. The SMILES string of the molecule is Nc1ccc(F)cc1C(=O)NC1(C(=O)O)CCCCCC1. The predicted molar refractivity (Wildman–Crippen MR) is 76.3 cm³/mol. The van der Waals surface area contributed by atoms with Gasteiger partial charge >= 0.3 is 5.97 Å². The van der Waals surface area contributed by atoms with Crippen molar-refractivity contribution in [3.8, 4) is 0 Å². The lowest BCUT2D eigenvalue weighted by molar-refractivity contribution is -0.145. The second-order valence-electron chi connectivity index (χ2n) is 5.49. The van der Waals surface area contributed by atoms with Crippen molar-refractivity contribution >= 4 is 17.6 Å². The molecule has 0 aromatic heterocycles. The Morgan fingerprint density at radius 3 is 2.38 bits per heavy atom. The summed E-state index contributed by atoms with van der Waals surface area (Å²) in [6.07, 6.45) is 4.14. The van der Waals surface area contributed by atoms with Crippen LogP contribution in [0.4, 0.5) is 10.1 Å². The van der Waals surface area contributed by atoms with E-state index in [-0.39, 0.29) is 11.3 Å². The smallest absolute Gasteiger partial charge is 0.329 e. The summed E-state index contributed by atoms with van der Waals surface area (Å²) in [4.78, 5) is 23.9. The molecule has 1 aliphatic carbocycles. The Labute approximate surface area is 122 Å². The number of anilines is 1. The normalized spacial score (nSPS) is 17.8. The van der Waals surface area contributed by atoms with Crippen LogP contribution in [0.3, 0.4) is 0 Å². The maximum atomic E-state index is 13.3. The second kappa shape index (κ2) is 6.11. The highest BCUT2D eigenvalue weighted by atomic mass is 19.1. The molecule has 1 aromatic carbocycles. The summed E-state index contributed by atoms with van der Waals surface area (Å²) in [6.45, 7) is 0. The van der Waals surface area contributed by atoms with Crippen molar-refractivity contribution in [3.63, 3.8) is 0 Å². The average Bonchev–Trinajstić information content (AvgIpc) is 2.68. The van der Waals surface area contributed by atoms with Crippen molar-refractivity contribution in [2.75, 3.05) is 5.73 Å². The number of hydrogen-bond donors (Lipinski definition) is 3. The van der Waals surface area contributed by atoms with E-state index in [1.807, 2.05) is 0 Å². The van der Waals surface area contributed by atoms with Crippen molar-refractivity contribution in [2.24, 2.45) is 0 Å². The number of halogens is 1. The fraction of sp³-hybridized carbons (Fsp3) is 0.467. The molecule has 1 aliphatic rings. The number of nitrogens with two attached hydrogens (primary N) is 1. The van der Waals surface area contributed by atoms with Gasteiger partial charge < -0.3 is 16.2 Å². The molecule has 1 amide bonds. The maximum Gasteiger partial charge on any atom is 0.329 e. The van der Waals surface area contributed by atoms with E-state index in [1.54, 1.807) is 0 Å².